The zero-order valence-electron chi connectivity index (χ0n) is 33.7. The van der Waals surface area contributed by atoms with Crippen molar-refractivity contribution >= 4 is 53.7 Å². The minimum absolute atomic E-state index is 0.191. The summed E-state index contributed by atoms with van der Waals surface area (Å²) in [5.41, 5.74) is 11.4. The minimum Gasteiger partial charge on any atom is -0.457 e. The van der Waals surface area contributed by atoms with Crippen LogP contribution in [0.25, 0.3) is 87.6 Å². The van der Waals surface area contributed by atoms with Gasteiger partial charge in [0.05, 0.1) is 32.3 Å². The molecule has 0 unspecified atom stereocenters. The molecule has 8 heteroatoms. The summed E-state index contributed by atoms with van der Waals surface area (Å²) < 4.78 is 27.5. The van der Waals surface area contributed by atoms with E-state index in [1.54, 1.807) is 23.5 Å². The molecule has 0 fully saturated rings. The molecule has 6 nitrogen and oxygen atoms in total. The number of hydrogen-bond donors (Lipinski definition) is 0. The van der Waals surface area contributed by atoms with Crippen molar-refractivity contribution in [3.8, 4) is 56.8 Å². The number of benzene rings is 7. The van der Waals surface area contributed by atoms with E-state index in [-0.39, 0.29) is 11.2 Å². The number of nitrogens with zero attached hydrogens (tertiary/aromatic N) is 5. The van der Waals surface area contributed by atoms with Gasteiger partial charge in [-0.3, -0.25) is 14.1 Å². The maximum atomic E-state index is 13.9. The van der Waals surface area contributed by atoms with Gasteiger partial charge in [0.25, 0.3) is 0 Å². The number of fused-ring (bicyclic) bond motifs is 5. The minimum atomic E-state index is -0.270. The van der Waals surface area contributed by atoms with E-state index in [9.17, 15) is 4.39 Å². The van der Waals surface area contributed by atoms with E-state index in [1.165, 1.54) is 12.1 Å². The highest BCUT2D eigenvalue weighted by Gasteiger charge is 2.24. The lowest BCUT2D eigenvalue weighted by molar-refractivity contribution is 0.479. The Bertz CT molecular complexity index is 3440. The third kappa shape index (κ3) is 6.53. The van der Waals surface area contributed by atoms with E-state index in [0.717, 1.165) is 93.2 Å². The number of thiophene rings is 1. The molecule has 0 bridgehead atoms. The van der Waals surface area contributed by atoms with Crippen LogP contribution in [0.1, 0.15) is 26.3 Å². The fourth-order valence-electron chi connectivity index (χ4n) is 8.21. The van der Waals surface area contributed by atoms with Gasteiger partial charge in [-0.2, -0.15) is 0 Å². The monoisotopic (exact) mass is 811 g/mol. The number of rotatable bonds is 7. The van der Waals surface area contributed by atoms with Gasteiger partial charge in [-0.1, -0.05) is 93.6 Å². The van der Waals surface area contributed by atoms with Gasteiger partial charge in [0.1, 0.15) is 29.0 Å². The smallest absolute Gasteiger partial charge is 0.147 e. The van der Waals surface area contributed by atoms with Crippen LogP contribution in [0.2, 0.25) is 0 Å². The quantitative estimate of drug-likeness (QED) is 0.161. The maximum Gasteiger partial charge on any atom is 0.147 e. The number of aromatic nitrogens is 5. The Morgan fingerprint density at radius 2 is 1.15 bits per heavy atom. The van der Waals surface area contributed by atoms with Crippen molar-refractivity contribution in [2.75, 3.05) is 0 Å². The molecule has 0 spiro atoms. The first-order valence-corrected chi connectivity index (χ1v) is 21.1. The number of para-hydroxylation sites is 6. The average Bonchev–Trinajstić information content (AvgIpc) is 3.98. The average molecular weight is 812 g/mol. The topological polar surface area (TPSA) is 57.8 Å². The number of pyridine rings is 1. The van der Waals surface area contributed by atoms with Crippen LogP contribution >= 0.6 is 11.3 Å². The van der Waals surface area contributed by atoms with Crippen LogP contribution in [0.5, 0.6) is 11.5 Å². The van der Waals surface area contributed by atoms with Crippen molar-refractivity contribution < 1.29 is 9.13 Å². The summed E-state index contributed by atoms with van der Waals surface area (Å²) in [5.74, 6) is 2.72. The standard InChI is InChI=1S/C53H38FN5OS/c1-53(2,3)36-26-34(51-56-44-18-10-12-20-46(44)58(51)38-14-6-4-7-15-38)27-40(29-36)60-41-30-42-49-48(28-35(32-55-49)33-22-24-37(54)25-23-33)61-50(42)43(31-41)52-57-45-19-11-13-21-47(45)59(52)39-16-8-5-9-17-39/h4-32H,1-3H3. The van der Waals surface area contributed by atoms with Crippen LogP contribution in [0.4, 0.5) is 4.39 Å². The van der Waals surface area contributed by atoms with Crippen molar-refractivity contribution in [1.82, 2.24) is 24.1 Å². The molecule has 0 saturated carbocycles. The zero-order chi connectivity index (χ0) is 41.2. The first-order chi connectivity index (χ1) is 29.7. The van der Waals surface area contributed by atoms with E-state index < -0.39 is 0 Å². The molecule has 0 atom stereocenters. The number of halogens is 1. The highest BCUT2D eigenvalue weighted by Crippen LogP contribution is 2.45. The van der Waals surface area contributed by atoms with E-state index in [0.29, 0.717) is 11.5 Å². The molecule has 0 aliphatic carbocycles. The van der Waals surface area contributed by atoms with E-state index in [1.807, 2.05) is 30.5 Å². The largest absolute Gasteiger partial charge is 0.457 e. The molecule has 0 N–H and O–H groups in total. The normalized spacial score (nSPS) is 11.9. The van der Waals surface area contributed by atoms with Gasteiger partial charge >= 0.3 is 0 Å². The third-order valence-corrected chi connectivity index (χ3v) is 12.4. The Labute approximate surface area is 355 Å². The molecule has 0 radical (unpaired) electrons. The molecule has 11 rings (SSSR count). The summed E-state index contributed by atoms with van der Waals surface area (Å²) in [7, 11) is 0. The highest BCUT2D eigenvalue weighted by molar-refractivity contribution is 7.26. The van der Waals surface area contributed by atoms with Crippen molar-refractivity contribution in [3.05, 3.63) is 187 Å². The predicted molar refractivity (Wildman–Crippen MR) is 248 cm³/mol. The number of imidazole rings is 2. The number of ether oxygens (including phenoxy) is 1. The van der Waals surface area contributed by atoms with Gasteiger partial charge in [0.15, 0.2) is 0 Å². The second-order valence-corrected chi connectivity index (χ2v) is 17.4. The molecule has 61 heavy (non-hydrogen) atoms. The molecule has 11 aromatic rings. The van der Waals surface area contributed by atoms with Crippen LogP contribution in [0, 0.1) is 5.82 Å². The van der Waals surface area contributed by atoms with Gasteiger partial charge in [-0.15, -0.1) is 11.3 Å². The summed E-state index contributed by atoms with van der Waals surface area (Å²) in [6.07, 6.45) is 1.87. The maximum absolute atomic E-state index is 13.9. The van der Waals surface area contributed by atoms with Gasteiger partial charge in [-0.05, 0) is 114 Å². The predicted octanol–water partition coefficient (Wildman–Crippen LogP) is 14.4. The fourth-order valence-corrected chi connectivity index (χ4v) is 9.40. The van der Waals surface area contributed by atoms with Gasteiger partial charge < -0.3 is 4.74 Å². The lowest BCUT2D eigenvalue weighted by Crippen LogP contribution is -2.11. The highest BCUT2D eigenvalue weighted by atomic mass is 32.1. The summed E-state index contributed by atoms with van der Waals surface area (Å²) in [6.45, 7) is 6.66. The van der Waals surface area contributed by atoms with Crippen molar-refractivity contribution in [3.63, 3.8) is 0 Å². The van der Waals surface area contributed by atoms with Crippen molar-refractivity contribution in [2.45, 2.75) is 26.2 Å². The second kappa shape index (κ2) is 14.4. The molecule has 0 aliphatic heterocycles. The number of hydrogen-bond acceptors (Lipinski definition) is 5. The van der Waals surface area contributed by atoms with Crippen LogP contribution in [-0.4, -0.2) is 24.1 Å². The Morgan fingerprint density at radius 3 is 1.80 bits per heavy atom. The van der Waals surface area contributed by atoms with Crippen LogP contribution < -0.4 is 4.74 Å². The van der Waals surface area contributed by atoms with Gasteiger partial charge in [-0.25, -0.2) is 14.4 Å². The van der Waals surface area contributed by atoms with E-state index >= 15 is 0 Å². The SMILES string of the molecule is CC(C)(C)c1cc(Oc2cc(-c3nc4ccccc4n3-c3ccccc3)c3sc4cc(-c5ccc(F)cc5)cnc4c3c2)cc(-c2nc3ccccc3n2-c2ccccc2)c1. The Morgan fingerprint density at radius 1 is 0.557 bits per heavy atom. The molecule has 294 valence electrons. The summed E-state index contributed by atoms with van der Waals surface area (Å²) >= 11 is 1.67. The van der Waals surface area contributed by atoms with E-state index in [2.05, 4.69) is 151 Å². The second-order valence-electron chi connectivity index (χ2n) is 16.3. The summed E-state index contributed by atoms with van der Waals surface area (Å²) in [5, 5.41) is 0.961. The van der Waals surface area contributed by atoms with Crippen molar-refractivity contribution in [1.29, 1.82) is 0 Å². The lowest BCUT2D eigenvalue weighted by atomic mass is 9.86. The molecule has 4 aromatic heterocycles. The molecule has 0 aliphatic rings. The summed E-state index contributed by atoms with van der Waals surface area (Å²) in [4.78, 5) is 15.6. The molecule has 4 heterocycles. The lowest BCUT2D eigenvalue weighted by Gasteiger charge is -2.22. The van der Waals surface area contributed by atoms with E-state index in [4.69, 9.17) is 19.7 Å². The Hall–Kier alpha value is -7.42. The Balaban J connectivity index is 1.13. The third-order valence-electron chi connectivity index (χ3n) is 11.2. The van der Waals surface area contributed by atoms with Crippen molar-refractivity contribution in [2.24, 2.45) is 0 Å². The van der Waals surface area contributed by atoms with Crippen LogP contribution in [0.3, 0.4) is 0 Å². The zero-order valence-corrected chi connectivity index (χ0v) is 34.5. The molecule has 0 amide bonds. The summed E-state index contributed by atoms with van der Waals surface area (Å²) in [6, 6.07) is 56.6. The molecular formula is C53H38FN5OS. The van der Waals surface area contributed by atoms with Crippen LogP contribution in [-0.2, 0) is 5.41 Å². The Kier molecular flexibility index (Phi) is 8.65. The van der Waals surface area contributed by atoms with Gasteiger partial charge in [0, 0.05) is 44.3 Å². The first kappa shape index (κ1) is 36.6. The molecular weight excluding hydrogens is 774 g/mol. The van der Waals surface area contributed by atoms with Crippen LogP contribution in [0.15, 0.2) is 176 Å². The molecule has 7 aromatic carbocycles. The fraction of sp³-hybridized carbons (Fsp3) is 0.0755. The molecule has 0 saturated heterocycles. The van der Waals surface area contributed by atoms with Gasteiger partial charge in [0.2, 0.25) is 0 Å². The first-order valence-electron chi connectivity index (χ1n) is 20.3.